The van der Waals surface area contributed by atoms with Crippen molar-refractivity contribution in [3.8, 4) is 0 Å². The van der Waals surface area contributed by atoms with Crippen molar-refractivity contribution in [1.82, 2.24) is 4.98 Å². The van der Waals surface area contributed by atoms with Crippen molar-refractivity contribution >= 4 is 38.4 Å². The monoisotopic (exact) mass is 373 g/mol. The number of urea groups is 1. The zero-order valence-electron chi connectivity index (χ0n) is 12.0. The van der Waals surface area contributed by atoms with E-state index in [1.165, 1.54) is 17.2 Å². The van der Waals surface area contributed by atoms with Crippen LogP contribution in [0.4, 0.5) is 14.9 Å². The van der Waals surface area contributed by atoms with Gasteiger partial charge in [0.2, 0.25) is 5.95 Å². The van der Waals surface area contributed by atoms with Gasteiger partial charge in [0, 0.05) is 27.5 Å². The first-order valence-corrected chi connectivity index (χ1v) is 7.69. The van der Waals surface area contributed by atoms with Crippen LogP contribution in [0.25, 0.3) is 10.8 Å². The minimum Gasteiger partial charge on any atom is -0.351 e. The Labute approximate surface area is 140 Å². The van der Waals surface area contributed by atoms with E-state index in [0.717, 1.165) is 15.4 Å². The lowest BCUT2D eigenvalue weighted by molar-refractivity contribution is 0.253. The minimum atomic E-state index is -0.599. The number of benzene rings is 2. The zero-order chi connectivity index (χ0) is 16.4. The van der Waals surface area contributed by atoms with E-state index in [-0.39, 0.29) is 0 Å². The molecular weight excluding hydrogens is 361 g/mol. The van der Waals surface area contributed by atoms with Crippen molar-refractivity contribution in [3.05, 3.63) is 70.7 Å². The first-order valence-electron chi connectivity index (χ1n) is 6.90. The van der Waals surface area contributed by atoms with Crippen molar-refractivity contribution < 1.29 is 9.18 Å². The molecule has 6 heteroatoms. The van der Waals surface area contributed by atoms with Crippen LogP contribution >= 0.6 is 15.9 Å². The second-order valence-electron chi connectivity index (χ2n) is 5.06. The van der Waals surface area contributed by atoms with Crippen molar-refractivity contribution in [2.24, 2.45) is 5.73 Å². The van der Waals surface area contributed by atoms with Gasteiger partial charge in [-0.3, -0.25) is 4.90 Å². The summed E-state index contributed by atoms with van der Waals surface area (Å²) >= 11 is 3.37. The molecule has 0 unspecified atom stereocenters. The predicted octanol–water partition coefficient (Wildman–Crippen LogP) is 4.22. The molecule has 0 atom stereocenters. The molecule has 2 N–H and O–H groups in total. The molecule has 0 saturated heterocycles. The standard InChI is InChI=1S/C17H13BrFN3O/c18-13-6-4-11(5-7-13)10-22(17(20)23)15-3-1-2-12-9-21-16(19)8-14(12)15/h1-9H,10H2,(H2,20,23). The van der Waals surface area contributed by atoms with Crippen molar-refractivity contribution in [2.75, 3.05) is 4.90 Å². The van der Waals surface area contributed by atoms with Crippen LogP contribution in [0.1, 0.15) is 5.56 Å². The summed E-state index contributed by atoms with van der Waals surface area (Å²) in [6, 6.07) is 13.6. The molecule has 0 aliphatic rings. The fraction of sp³-hybridized carbons (Fsp3) is 0.0588. The van der Waals surface area contributed by atoms with Gasteiger partial charge < -0.3 is 5.73 Å². The third kappa shape index (κ3) is 3.32. The van der Waals surface area contributed by atoms with E-state index in [4.69, 9.17) is 5.73 Å². The largest absolute Gasteiger partial charge is 0.351 e. The number of primary amides is 1. The molecule has 1 heterocycles. The van der Waals surface area contributed by atoms with Crippen LogP contribution < -0.4 is 10.6 Å². The molecule has 23 heavy (non-hydrogen) atoms. The molecule has 2 amide bonds. The number of hydrogen-bond acceptors (Lipinski definition) is 2. The normalized spacial score (nSPS) is 10.7. The highest BCUT2D eigenvalue weighted by Crippen LogP contribution is 2.28. The third-order valence-electron chi connectivity index (χ3n) is 3.52. The Bertz CT molecular complexity index is 867. The molecule has 4 nitrogen and oxygen atoms in total. The van der Waals surface area contributed by atoms with Crippen molar-refractivity contribution in [3.63, 3.8) is 0 Å². The fourth-order valence-corrected chi connectivity index (χ4v) is 2.68. The van der Waals surface area contributed by atoms with Gasteiger partial charge in [0.15, 0.2) is 0 Å². The summed E-state index contributed by atoms with van der Waals surface area (Å²) in [5.41, 5.74) is 7.01. The van der Waals surface area contributed by atoms with E-state index in [1.54, 1.807) is 12.1 Å². The SMILES string of the molecule is NC(=O)N(Cc1ccc(Br)cc1)c1cccc2cnc(F)cc12. The highest BCUT2D eigenvalue weighted by molar-refractivity contribution is 9.10. The van der Waals surface area contributed by atoms with Gasteiger partial charge in [-0.25, -0.2) is 9.78 Å². The number of nitrogens with two attached hydrogens (primary N) is 1. The number of hydrogen-bond donors (Lipinski definition) is 1. The summed E-state index contributed by atoms with van der Waals surface area (Å²) in [6.07, 6.45) is 1.44. The van der Waals surface area contributed by atoms with E-state index >= 15 is 0 Å². The topological polar surface area (TPSA) is 59.2 Å². The zero-order valence-corrected chi connectivity index (χ0v) is 13.6. The lowest BCUT2D eigenvalue weighted by Crippen LogP contribution is -2.35. The molecule has 116 valence electrons. The highest BCUT2D eigenvalue weighted by atomic mass is 79.9. The second-order valence-corrected chi connectivity index (χ2v) is 5.97. The van der Waals surface area contributed by atoms with Gasteiger partial charge >= 0.3 is 6.03 Å². The fourth-order valence-electron chi connectivity index (χ4n) is 2.42. The molecule has 2 aromatic carbocycles. The molecule has 0 radical (unpaired) electrons. The summed E-state index contributed by atoms with van der Waals surface area (Å²) in [4.78, 5) is 17.0. The number of rotatable bonds is 3. The average Bonchev–Trinajstić information content (AvgIpc) is 2.53. The van der Waals surface area contributed by atoms with Crippen LogP contribution in [-0.2, 0) is 6.54 Å². The molecule has 0 aliphatic carbocycles. The number of anilines is 1. The van der Waals surface area contributed by atoms with E-state index in [1.807, 2.05) is 30.3 Å². The molecular formula is C17H13BrFN3O. The van der Waals surface area contributed by atoms with Crippen molar-refractivity contribution in [1.29, 1.82) is 0 Å². The summed E-state index contributed by atoms with van der Waals surface area (Å²) in [5.74, 6) is -0.599. The van der Waals surface area contributed by atoms with Gasteiger partial charge in [0.25, 0.3) is 0 Å². The van der Waals surface area contributed by atoms with Gasteiger partial charge in [0.05, 0.1) is 12.2 Å². The van der Waals surface area contributed by atoms with Gasteiger partial charge in [-0.1, -0.05) is 40.2 Å². The lowest BCUT2D eigenvalue weighted by Gasteiger charge is -2.22. The van der Waals surface area contributed by atoms with E-state index < -0.39 is 12.0 Å². The molecule has 0 bridgehead atoms. The molecule has 0 aliphatic heterocycles. The van der Waals surface area contributed by atoms with Gasteiger partial charge in [-0.15, -0.1) is 0 Å². The Morgan fingerprint density at radius 1 is 1.22 bits per heavy atom. The summed E-state index contributed by atoms with van der Waals surface area (Å²) in [6.45, 7) is 0.297. The minimum absolute atomic E-state index is 0.297. The van der Waals surface area contributed by atoms with Gasteiger partial charge in [-0.05, 0) is 23.8 Å². The number of nitrogens with zero attached hydrogens (tertiary/aromatic N) is 2. The lowest BCUT2D eigenvalue weighted by atomic mass is 10.1. The van der Waals surface area contributed by atoms with Gasteiger partial charge in [0.1, 0.15) is 0 Å². The van der Waals surface area contributed by atoms with Crippen LogP contribution in [0.15, 0.2) is 59.2 Å². The summed E-state index contributed by atoms with van der Waals surface area (Å²) < 4.78 is 14.5. The van der Waals surface area contributed by atoms with Crippen LogP contribution in [0.3, 0.4) is 0 Å². The Kier molecular flexibility index (Phi) is 4.25. The van der Waals surface area contributed by atoms with Crippen LogP contribution in [0.2, 0.25) is 0 Å². The van der Waals surface area contributed by atoms with Crippen LogP contribution in [0.5, 0.6) is 0 Å². The summed E-state index contributed by atoms with van der Waals surface area (Å²) in [5, 5.41) is 1.34. The number of fused-ring (bicyclic) bond motifs is 1. The first-order chi connectivity index (χ1) is 11.0. The Morgan fingerprint density at radius 2 is 1.96 bits per heavy atom. The number of carbonyl (C=O) groups excluding carboxylic acids is 1. The number of halogens is 2. The van der Waals surface area contributed by atoms with Crippen molar-refractivity contribution in [2.45, 2.75) is 6.54 Å². The summed E-state index contributed by atoms with van der Waals surface area (Å²) in [7, 11) is 0. The third-order valence-corrected chi connectivity index (χ3v) is 4.05. The van der Waals surface area contributed by atoms with Gasteiger partial charge in [-0.2, -0.15) is 4.39 Å². The maximum atomic E-state index is 13.5. The van der Waals surface area contributed by atoms with Crippen LogP contribution in [-0.4, -0.2) is 11.0 Å². The molecule has 3 aromatic rings. The quantitative estimate of drug-likeness (QED) is 0.698. The molecule has 3 rings (SSSR count). The maximum absolute atomic E-state index is 13.5. The van der Waals surface area contributed by atoms with E-state index in [9.17, 15) is 9.18 Å². The van der Waals surface area contributed by atoms with E-state index in [0.29, 0.717) is 17.6 Å². The Hall–Kier alpha value is -2.47. The maximum Gasteiger partial charge on any atom is 0.319 e. The number of amides is 2. The average molecular weight is 374 g/mol. The highest BCUT2D eigenvalue weighted by Gasteiger charge is 2.16. The Balaban J connectivity index is 2.06. The number of carbonyl (C=O) groups is 1. The molecule has 0 spiro atoms. The number of aromatic nitrogens is 1. The first kappa shape index (κ1) is 15.4. The van der Waals surface area contributed by atoms with E-state index in [2.05, 4.69) is 20.9 Å². The van der Waals surface area contributed by atoms with Crippen LogP contribution in [0, 0.1) is 5.95 Å². The number of pyridine rings is 1. The molecule has 0 fully saturated rings. The molecule has 1 aromatic heterocycles. The molecule has 0 saturated carbocycles. The Morgan fingerprint density at radius 3 is 2.65 bits per heavy atom. The predicted molar refractivity (Wildman–Crippen MR) is 91.6 cm³/mol. The second kappa shape index (κ2) is 6.34. The smallest absolute Gasteiger partial charge is 0.319 e.